The smallest absolute Gasteiger partial charge is 0.147 e. The van der Waals surface area contributed by atoms with E-state index in [1.54, 1.807) is 3.88 Å². The number of rotatable bonds is 2. The zero-order valence-electron chi connectivity index (χ0n) is 8.52. The Morgan fingerprint density at radius 2 is 1.92 bits per heavy atom. The van der Waals surface area contributed by atoms with Crippen LogP contribution < -0.4 is 3.80 Å². The van der Waals surface area contributed by atoms with Gasteiger partial charge in [-0.05, 0) is 0 Å². The van der Waals surface area contributed by atoms with Gasteiger partial charge in [0.15, 0.2) is 0 Å². The van der Waals surface area contributed by atoms with Crippen molar-refractivity contribution in [2.45, 2.75) is 45.6 Å². The minimum absolute atomic E-state index is 0. The molecule has 0 heterocycles. The second kappa shape index (κ2) is 7.31. The van der Waals surface area contributed by atoms with Gasteiger partial charge in [-0.1, -0.05) is 0 Å². The van der Waals surface area contributed by atoms with Crippen molar-refractivity contribution >= 4 is 24.8 Å². The molecular formula is C9H19Cl2NTi. The molecule has 0 saturated carbocycles. The molecule has 0 atom stereocenters. The largest absolute Gasteiger partial charge is 0.147 e. The summed E-state index contributed by atoms with van der Waals surface area (Å²) >= 11 is 0.0139. The van der Waals surface area contributed by atoms with Crippen LogP contribution in [-0.4, -0.2) is 5.54 Å². The third kappa shape index (κ3) is 8.02. The van der Waals surface area contributed by atoms with Crippen molar-refractivity contribution in [1.82, 2.24) is 3.80 Å². The molecule has 0 fully saturated rings. The van der Waals surface area contributed by atoms with E-state index in [0.717, 1.165) is 0 Å². The van der Waals surface area contributed by atoms with Gasteiger partial charge in [0.2, 0.25) is 0 Å². The van der Waals surface area contributed by atoms with Crippen LogP contribution in [0.3, 0.4) is 0 Å². The molecule has 1 nitrogen and oxygen atoms in total. The van der Waals surface area contributed by atoms with Crippen LogP contribution in [0.25, 0.3) is 0 Å². The topological polar surface area (TPSA) is 12.0 Å². The van der Waals surface area contributed by atoms with Crippen molar-refractivity contribution in [2.75, 3.05) is 0 Å². The standard InChI is InChI=1S/C5H7.C4H10N.2ClH.Ti/c1-2-4-5-3-1;1-4(2,3)5;;;/h1H,2,4-5H2;5H,1-3H3;2*1H;/q;-1;;;+1. The average Bonchev–Trinajstić information content (AvgIpc) is 2.32. The molecule has 1 N–H and O–H groups in total. The number of hydrogen-bond donors (Lipinski definition) is 1. The predicted molar refractivity (Wildman–Crippen MR) is 59.3 cm³/mol. The molecule has 0 amide bonds. The second-order valence-electron chi connectivity index (χ2n) is 4.12. The number of hydrogen-bond acceptors (Lipinski definition) is 1. The maximum Gasteiger partial charge on any atom is -0.147 e. The summed E-state index contributed by atoms with van der Waals surface area (Å²) in [7, 11) is 0. The van der Waals surface area contributed by atoms with Gasteiger partial charge in [0.05, 0.1) is 0 Å². The summed E-state index contributed by atoms with van der Waals surface area (Å²) in [6.07, 6.45) is 6.51. The minimum Gasteiger partial charge on any atom is -0.147 e. The Bertz CT molecular complexity index is 163. The Labute approximate surface area is 103 Å². The van der Waals surface area contributed by atoms with Crippen LogP contribution in [0.15, 0.2) is 9.95 Å². The molecule has 0 bridgehead atoms. The van der Waals surface area contributed by atoms with Crippen LogP contribution in [0.5, 0.6) is 0 Å². The summed E-state index contributed by atoms with van der Waals surface area (Å²) in [4.78, 5) is 0. The van der Waals surface area contributed by atoms with E-state index in [0.29, 0.717) is 5.54 Å². The first-order valence-corrected chi connectivity index (χ1v) is 5.86. The van der Waals surface area contributed by atoms with E-state index in [4.69, 9.17) is 0 Å². The van der Waals surface area contributed by atoms with Gasteiger partial charge in [-0.3, -0.25) is 0 Å². The van der Waals surface area contributed by atoms with Crippen LogP contribution in [0.4, 0.5) is 0 Å². The summed E-state index contributed by atoms with van der Waals surface area (Å²) in [5.41, 5.74) is 0.323. The fourth-order valence-corrected chi connectivity index (χ4v) is 2.74. The molecule has 0 aromatic rings. The first-order chi connectivity index (χ1) is 5.08. The maximum absolute atomic E-state index is 3.62. The van der Waals surface area contributed by atoms with E-state index in [-0.39, 0.29) is 44.2 Å². The monoisotopic (exact) mass is 259 g/mol. The number of nitrogens with one attached hydrogen (secondary N) is 1. The van der Waals surface area contributed by atoms with Gasteiger partial charge in [0, 0.05) is 0 Å². The molecule has 78 valence electrons. The van der Waals surface area contributed by atoms with Crippen molar-refractivity contribution in [3.63, 3.8) is 0 Å². The van der Waals surface area contributed by atoms with Crippen molar-refractivity contribution in [1.29, 1.82) is 0 Å². The summed E-state index contributed by atoms with van der Waals surface area (Å²) in [5.74, 6) is 0. The van der Waals surface area contributed by atoms with Crippen molar-refractivity contribution < 1.29 is 19.4 Å². The van der Waals surface area contributed by atoms with Crippen LogP contribution in [0, 0.1) is 0 Å². The van der Waals surface area contributed by atoms with Crippen molar-refractivity contribution in [2.24, 2.45) is 0 Å². The zero-order chi connectivity index (χ0) is 8.32. The van der Waals surface area contributed by atoms with Gasteiger partial charge < -0.3 is 0 Å². The number of halogens is 2. The van der Waals surface area contributed by atoms with Crippen LogP contribution in [-0.2, 0) is 19.4 Å². The quantitative estimate of drug-likeness (QED) is 0.751. The molecule has 4 heteroatoms. The normalized spacial score (nSPS) is 15.5. The van der Waals surface area contributed by atoms with Crippen LogP contribution >= 0.6 is 24.8 Å². The summed E-state index contributed by atoms with van der Waals surface area (Å²) in [6.45, 7) is 6.73. The first-order valence-electron chi connectivity index (χ1n) is 4.30. The second-order valence-corrected chi connectivity index (χ2v) is 5.91. The summed E-state index contributed by atoms with van der Waals surface area (Å²) in [5, 5.41) is 0. The van der Waals surface area contributed by atoms with Gasteiger partial charge in [0.25, 0.3) is 0 Å². The van der Waals surface area contributed by atoms with Gasteiger partial charge in [-0.2, -0.15) is 0 Å². The molecule has 1 aliphatic carbocycles. The van der Waals surface area contributed by atoms with E-state index >= 15 is 0 Å². The third-order valence-corrected chi connectivity index (χ3v) is 4.22. The van der Waals surface area contributed by atoms with E-state index in [9.17, 15) is 0 Å². The molecule has 0 aromatic heterocycles. The van der Waals surface area contributed by atoms with Gasteiger partial charge in [0.1, 0.15) is 0 Å². The zero-order valence-corrected chi connectivity index (χ0v) is 11.7. The Kier molecular flexibility index (Phi) is 9.23. The number of allylic oxidation sites excluding steroid dienone is 2. The first kappa shape index (κ1) is 16.4. The minimum atomic E-state index is 0. The molecular weight excluding hydrogens is 241 g/mol. The predicted octanol–water partition coefficient (Wildman–Crippen LogP) is 3.28. The van der Waals surface area contributed by atoms with Gasteiger partial charge >= 0.3 is 78.7 Å². The molecule has 0 aliphatic heterocycles. The van der Waals surface area contributed by atoms with Gasteiger partial charge in [-0.25, -0.2) is 0 Å². The molecule has 0 unspecified atom stereocenters. The van der Waals surface area contributed by atoms with E-state index in [2.05, 4.69) is 30.6 Å². The summed E-state index contributed by atoms with van der Waals surface area (Å²) in [6, 6.07) is 0. The Morgan fingerprint density at radius 3 is 2.31 bits per heavy atom. The molecule has 0 saturated heterocycles. The fraction of sp³-hybridized carbons (Fsp3) is 0.778. The van der Waals surface area contributed by atoms with E-state index in [1.165, 1.54) is 19.3 Å². The third-order valence-electron chi connectivity index (χ3n) is 1.64. The van der Waals surface area contributed by atoms with Crippen molar-refractivity contribution in [3.05, 3.63) is 9.95 Å². The Balaban J connectivity index is 0. The molecule has 13 heavy (non-hydrogen) atoms. The molecule has 1 aliphatic rings. The average molecular weight is 260 g/mol. The van der Waals surface area contributed by atoms with Crippen LogP contribution in [0.1, 0.15) is 40.0 Å². The molecule has 0 radical (unpaired) electrons. The molecule has 0 aromatic carbocycles. The fourth-order valence-electron chi connectivity index (χ4n) is 1.05. The summed E-state index contributed by atoms with van der Waals surface area (Å²) < 4.78 is 5.34. The van der Waals surface area contributed by atoms with E-state index < -0.39 is 0 Å². The van der Waals surface area contributed by atoms with Crippen molar-refractivity contribution in [3.8, 4) is 0 Å². The van der Waals surface area contributed by atoms with Crippen LogP contribution in [0.2, 0.25) is 0 Å². The van der Waals surface area contributed by atoms with Gasteiger partial charge in [-0.15, -0.1) is 24.8 Å². The molecule has 0 spiro atoms. The SMILES string of the molecule is CC(C)(C)[NH][Ti][C]1=CCCC1.Cl.Cl. The Hall–Kier alpha value is 0.994. The Morgan fingerprint density at radius 1 is 1.31 bits per heavy atom. The molecule has 1 rings (SSSR count). The van der Waals surface area contributed by atoms with E-state index in [1.807, 2.05) is 0 Å². The maximum atomic E-state index is 3.62.